The van der Waals surface area contributed by atoms with Gasteiger partial charge in [0.1, 0.15) is 11.5 Å². The molecule has 242 valence electrons. The highest BCUT2D eigenvalue weighted by Gasteiger charge is 2.40. The number of carbonyl (C=O) groups excluding carboxylic acids is 1. The number of aliphatic hydroxyl groups is 2. The molecule has 0 saturated heterocycles. The summed E-state index contributed by atoms with van der Waals surface area (Å²) in [6.45, 7) is 1.28. The molecule has 11 nitrogen and oxygen atoms in total. The van der Waals surface area contributed by atoms with Crippen LogP contribution in [0.2, 0.25) is 0 Å². The molecule has 2 atom stereocenters. The Bertz CT molecular complexity index is 1910. The molecule has 0 fully saturated rings. The topological polar surface area (TPSA) is 181 Å². The zero-order valence-corrected chi connectivity index (χ0v) is 25.3. The lowest BCUT2D eigenvalue weighted by Crippen LogP contribution is -2.36. The predicted octanol–water partition coefficient (Wildman–Crippen LogP) is 3.58. The van der Waals surface area contributed by atoms with Gasteiger partial charge in [0, 0.05) is 42.2 Å². The molecular weight excluding hydrogens is 602 g/mol. The number of H-pyrrole nitrogens is 1. The molecule has 5 rings (SSSR count). The first kappa shape index (κ1) is 32.9. The number of benzene rings is 4. The average Bonchev–Trinajstić information content (AvgIpc) is 3.08. The van der Waals surface area contributed by atoms with Crippen LogP contribution in [-0.4, -0.2) is 57.0 Å². The number of aromatic amines is 1. The van der Waals surface area contributed by atoms with Crippen LogP contribution in [-0.2, 0) is 16.9 Å². The molecule has 0 spiro atoms. The lowest BCUT2D eigenvalue weighted by Gasteiger charge is -2.25. The number of fused-ring (bicyclic) bond motifs is 1. The summed E-state index contributed by atoms with van der Waals surface area (Å²) in [5.74, 6) is -1.31. The number of hydrogen-bond donors (Lipinski definition) is 7. The molecule has 47 heavy (non-hydrogen) atoms. The van der Waals surface area contributed by atoms with Crippen molar-refractivity contribution in [2.24, 2.45) is 0 Å². The lowest BCUT2D eigenvalue weighted by atomic mass is 9.86. The van der Waals surface area contributed by atoms with Crippen LogP contribution in [0.3, 0.4) is 0 Å². The highest BCUT2D eigenvalue weighted by molar-refractivity contribution is 5.94. The number of phenols is 1. The van der Waals surface area contributed by atoms with Crippen molar-refractivity contribution in [3.63, 3.8) is 0 Å². The number of carboxylic acids is 1. The van der Waals surface area contributed by atoms with Crippen molar-refractivity contribution in [3.8, 4) is 11.5 Å². The number of pyridine rings is 1. The minimum Gasteiger partial charge on any atom is -0.506 e. The van der Waals surface area contributed by atoms with Crippen LogP contribution in [0.25, 0.3) is 10.9 Å². The molecule has 7 N–H and O–H groups in total. The Hall–Kier alpha value is -5.49. The third-order valence-corrected chi connectivity index (χ3v) is 7.78. The fourth-order valence-electron chi connectivity index (χ4n) is 5.26. The van der Waals surface area contributed by atoms with Crippen molar-refractivity contribution in [3.05, 3.63) is 141 Å². The van der Waals surface area contributed by atoms with Gasteiger partial charge in [-0.25, -0.2) is 4.79 Å². The monoisotopic (exact) mass is 637 g/mol. The van der Waals surface area contributed by atoms with Crippen molar-refractivity contribution in [2.75, 3.05) is 19.7 Å². The first-order valence-corrected chi connectivity index (χ1v) is 15.0. The van der Waals surface area contributed by atoms with Crippen LogP contribution in [0, 0.1) is 0 Å². The summed E-state index contributed by atoms with van der Waals surface area (Å²) in [5, 5.41) is 48.3. The van der Waals surface area contributed by atoms with Crippen molar-refractivity contribution in [1.29, 1.82) is 0 Å². The van der Waals surface area contributed by atoms with E-state index in [1.807, 2.05) is 12.1 Å². The maximum atomic E-state index is 12.6. The fourth-order valence-corrected chi connectivity index (χ4v) is 5.26. The molecule has 1 amide bonds. The van der Waals surface area contributed by atoms with E-state index in [-0.39, 0.29) is 47.0 Å². The molecule has 11 heteroatoms. The molecule has 0 radical (unpaired) electrons. The number of aliphatic hydroxyl groups excluding tert-OH is 1. The summed E-state index contributed by atoms with van der Waals surface area (Å²) in [6, 6.07) is 27.5. The van der Waals surface area contributed by atoms with E-state index in [4.69, 9.17) is 4.74 Å². The van der Waals surface area contributed by atoms with Crippen molar-refractivity contribution >= 4 is 22.8 Å². The smallest absolute Gasteiger partial charge is 0.345 e. The highest BCUT2D eigenvalue weighted by Crippen LogP contribution is 2.32. The number of rotatable bonds is 14. The minimum absolute atomic E-state index is 0.0712. The maximum absolute atomic E-state index is 12.6. The Balaban J connectivity index is 1.06. The van der Waals surface area contributed by atoms with E-state index in [9.17, 15) is 34.8 Å². The minimum atomic E-state index is -2.23. The van der Waals surface area contributed by atoms with Crippen LogP contribution in [0.4, 0.5) is 0 Å². The number of amides is 1. The molecule has 0 aliphatic carbocycles. The summed E-state index contributed by atoms with van der Waals surface area (Å²) < 4.78 is 5.77. The van der Waals surface area contributed by atoms with E-state index in [0.717, 1.165) is 5.56 Å². The molecule has 1 heterocycles. The first-order chi connectivity index (χ1) is 22.7. The Morgan fingerprint density at radius 1 is 0.894 bits per heavy atom. The standard InChI is InChI=1S/C36H35N3O8/c40-30-16-14-28(29-15-17-32(42)39-33(29)30)31(41)22-37-21-23-10-12-24(13-11-23)34(43)38-18-5-19-47-27-9-4-8-26(20-27)36(46,35(44)45)25-6-2-1-3-7-25/h1-4,6-17,20,31,37,40-41,46H,5,18-19,21-22H2,(H,38,43)(H,39,42)(H,44,45)/t31-,36-/m0/s1. The fraction of sp³-hybridized carbons (Fsp3) is 0.194. The Morgan fingerprint density at radius 2 is 1.64 bits per heavy atom. The van der Waals surface area contributed by atoms with Gasteiger partial charge >= 0.3 is 5.97 Å². The second-order valence-corrected chi connectivity index (χ2v) is 11.0. The molecule has 0 saturated carbocycles. The molecule has 1 aromatic heterocycles. The van der Waals surface area contributed by atoms with Gasteiger partial charge in [0.2, 0.25) is 11.2 Å². The Labute approximate surface area is 270 Å². The van der Waals surface area contributed by atoms with Gasteiger partial charge in [-0.05, 0) is 59.5 Å². The maximum Gasteiger partial charge on any atom is 0.345 e. The van der Waals surface area contributed by atoms with Crippen molar-refractivity contribution in [1.82, 2.24) is 15.6 Å². The van der Waals surface area contributed by atoms with Crippen LogP contribution in [0.15, 0.2) is 108 Å². The number of nitrogens with one attached hydrogen (secondary N) is 3. The SMILES string of the molecule is O=C(NCCCOc1cccc([C@](O)(C(=O)O)c2ccccc2)c1)c1ccc(CNC[C@H](O)c2ccc(O)c3[nH]c(=O)ccc23)cc1. The molecule has 0 bridgehead atoms. The number of carbonyl (C=O) groups is 2. The zero-order chi connectivity index (χ0) is 33.4. The first-order valence-electron chi connectivity index (χ1n) is 15.0. The second-order valence-electron chi connectivity index (χ2n) is 11.0. The average molecular weight is 638 g/mol. The predicted molar refractivity (Wildman–Crippen MR) is 175 cm³/mol. The van der Waals surface area contributed by atoms with Crippen molar-refractivity contribution in [2.45, 2.75) is 24.7 Å². The van der Waals surface area contributed by atoms with E-state index in [0.29, 0.717) is 41.8 Å². The summed E-state index contributed by atoms with van der Waals surface area (Å²) in [5.41, 5.74) is 0.0651. The summed E-state index contributed by atoms with van der Waals surface area (Å²) in [7, 11) is 0. The zero-order valence-electron chi connectivity index (χ0n) is 25.3. The van der Waals surface area contributed by atoms with Gasteiger partial charge in [-0.2, -0.15) is 0 Å². The van der Waals surface area contributed by atoms with Crippen molar-refractivity contribution < 1.29 is 34.8 Å². The number of aromatic nitrogens is 1. The summed E-state index contributed by atoms with van der Waals surface area (Å²) in [6.07, 6.45) is -0.390. The highest BCUT2D eigenvalue weighted by atomic mass is 16.5. The summed E-state index contributed by atoms with van der Waals surface area (Å²) >= 11 is 0. The van der Waals surface area contributed by atoms with E-state index >= 15 is 0 Å². The quantitative estimate of drug-likeness (QED) is 0.0896. The van der Waals surface area contributed by atoms with E-state index in [1.165, 1.54) is 24.3 Å². The molecular formula is C36H35N3O8. The number of phenolic OH excluding ortho intramolecular Hbond substituents is 1. The van der Waals surface area contributed by atoms with Crippen LogP contribution in [0.1, 0.15) is 45.1 Å². The van der Waals surface area contributed by atoms with Gasteiger partial charge in [0.25, 0.3) is 5.91 Å². The van der Waals surface area contributed by atoms with E-state index in [1.54, 1.807) is 66.7 Å². The van der Waals surface area contributed by atoms with E-state index in [2.05, 4.69) is 15.6 Å². The van der Waals surface area contributed by atoms with Crippen LogP contribution < -0.4 is 20.9 Å². The van der Waals surface area contributed by atoms with Gasteiger partial charge in [-0.1, -0.05) is 60.7 Å². The van der Waals surface area contributed by atoms with Gasteiger partial charge in [-0.15, -0.1) is 0 Å². The molecule has 0 unspecified atom stereocenters. The second kappa shape index (κ2) is 14.7. The number of carboxylic acid groups (broad SMARTS) is 1. The molecule has 0 aliphatic rings. The number of aliphatic carboxylic acids is 1. The van der Waals surface area contributed by atoms with Crippen LogP contribution >= 0.6 is 0 Å². The largest absolute Gasteiger partial charge is 0.506 e. The Kier molecular flexibility index (Phi) is 10.3. The lowest BCUT2D eigenvalue weighted by molar-refractivity contribution is -0.155. The van der Waals surface area contributed by atoms with Gasteiger partial charge in [0.05, 0.1) is 18.2 Å². The third kappa shape index (κ3) is 7.67. The third-order valence-electron chi connectivity index (χ3n) is 7.78. The van der Waals surface area contributed by atoms with Crippen LogP contribution in [0.5, 0.6) is 11.5 Å². The molecule has 0 aliphatic heterocycles. The van der Waals surface area contributed by atoms with E-state index < -0.39 is 17.7 Å². The normalized spacial score (nSPS) is 13.1. The number of ether oxygens (including phenoxy) is 1. The van der Waals surface area contributed by atoms with Gasteiger partial charge in [-0.3, -0.25) is 9.59 Å². The summed E-state index contributed by atoms with van der Waals surface area (Å²) in [4.78, 5) is 38.9. The molecule has 4 aromatic carbocycles. The number of hydrogen-bond acceptors (Lipinski definition) is 8. The molecule has 5 aromatic rings. The van der Waals surface area contributed by atoms with Gasteiger partial charge in [0.15, 0.2) is 0 Å². The number of aromatic hydroxyl groups is 1. The Morgan fingerprint density at radius 3 is 2.38 bits per heavy atom. The van der Waals surface area contributed by atoms with Gasteiger partial charge < -0.3 is 40.8 Å².